The molecule has 0 aliphatic carbocycles. The zero-order chi connectivity index (χ0) is 19.3. The molecule has 2 heterocycles. The van der Waals surface area contributed by atoms with Crippen LogP contribution in [0.4, 0.5) is 0 Å². The highest BCUT2D eigenvalue weighted by Crippen LogP contribution is 2.45. The fourth-order valence-electron chi connectivity index (χ4n) is 3.74. The third kappa shape index (κ3) is 2.42. The Bertz CT molecular complexity index is 1210. The van der Waals surface area contributed by atoms with Crippen molar-refractivity contribution in [2.75, 3.05) is 0 Å². The number of hydrogen-bond acceptors (Lipinski definition) is 5. The second-order valence-corrected chi connectivity index (χ2v) is 6.81. The molecule has 0 fully saturated rings. The van der Waals surface area contributed by atoms with Gasteiger partial charge in [-0.3, -0.25) is 0 Å². The van der Waals surface area contributed by atoms with Crippen molar-refractivity contribution in [2.24, 2.45) is 5.73 Å². The molecule has 4 rings (SSSR count). The predicted octanol–water partition coefficient (Wildman–Crippen LogP) is 3.94. The third-order valence-corrected chi connectivity index (χ3v) is 5.18. The van der Waals surface area contributed by atoms with E-state index in [0.29, 0.717) is 22.3 Å². The number of benzene rings is 2. The van der Waals surface area contributed by atoms with Crippen molar-refractivity contribution in [3.8, 4) is 11.8 Å². The van der Waals surface area contributed by atoms with Crippen molar-refractivity contribution in [3.63, 3.8) is 0 Å². The lowest BCUT2D eigenvalue weighted by Gasteiger charge is -2.26. The Morgan fingerprint density at radius 3 is 2.48 bits per heavy atom. The van der Waals surface area contributed by atoms with Crippen LogP contribution >= 0.6 is 0 Å². The van der Waals surface area contributed by atoms with Gasteiger partial charge in [0.25, 0.3) is 0 Å². The van der Waals surface area contributed by atoms with Crippen molar-refractivity contribution < 1.29 is 9.15 Å². The van der Waals surface area contributed by atoms with Gasteiger partial charge in [0.2, 0.25) is 5.88 Å². The van der Waals surface area contributed by atoms with Gasteiger partial charge in [-0.1, -0.05) is 36.4 Å². The standard InChI is InChI=1S/C22H18N2O3/c1-11-9-12(2)16-19(13(11)3)27-22(25)18-17(14-7-5-4-6-8-14)15(10-23)21(24)26-20(16)18/h4-9,17H,24H2,1-3H3/t17-/m1/s1. The van der Waals surface area contributed by atoms with Gasteiger partial charge in [0.1, 0.15) is 17.2 Å². The van der Waals surface area contributed by atoms with Crippen LogP contribution in [-0.2, 0) is 0 Å². The van der Waals surface area contributed by atoms with E-state index in [1.807, 2.05) is 57.2 Å². The monoisotopic (exact) mass is 358 g/mol. The molecule has 5 heteroatoms. The van der Waals surface area contributed by atoms with Crippen LogP contribution in [0.3, 0.4) is 0 Å². The quantitative estimate of drug-likeness (QED) is 0.666. The zero-order valence-corrected chi connectivity index (χ0v) is 15.3. The van der Waals surface area contributed by atoms with Crippen molar-refractivity contribution in [3.05, 3.63) is 86.1 Å². The van der Waals surface area contributed by atoms with Crippen LogP contribution in [0.25, 0.3) is 11.0 Å². The Kier molecular flexibility index (Phi) is 3.78. The molecule has 27 heavy (non-hydrogen) atoms. The lowest BCUT2D eigenvalue weighted by Crippen LogP contribution is -2.26. The Balaban J connectivity index is 2.16. The Hall–Kier alpha value is -3.52. The molecule has 0 saturated heterocycles. The SMILES string of the molecule is Cc1cc(C)c2c3c(c(=O)oc2c1C)[C@H](c1ccccc1)C(C#N)=C(N)O3. The van der Waals surface area contributed by atoms with E-state index in [0.717, 1.165) is 22.3 Å². The molecule has 0 bridgehead atoms. The number of aryl methyl sites for hydroxylation is 3. The predicted molar refractivity (Wildman–Crippen MR) is 102 cm³/mol. The molecule has 0 amide bonds. The summed E-state index contributed by atoms with van der Waals surface area (Å²) in [7, 11) is 0. The van der Waals surface area contributed by atoms with Gasteiger partial charge in [-0.25, -0.2) is 4.79 Å². The molecule has 0 spiro atoms. The molecule has 2 aromatic carbocycles. The van der Waals surface area contributed by atoms with Gasteiger partial charge in [-0.05, 0) is 43.0 Å². The average molecular weight is 358 g/mol. The minimum Gasteiger partial charge on any atom is -0.439 e. The molecule has 1 aliphatic heterocycles. The lowest BCUT2D eigenvalue weighted by atomic mass is 9.83. The first-order chi connectivity index (χ1) is 12.9. The van der Waals surface area contributed by atoms with Gasteiger partial charge < -0.3 is 14.9 Å². The highest BCUT2D eigenvalue weighted by Gasteiger charge is 2.36. The number of allylic oxidation sites excluding steroid dienone is 1. The van der Waals surface area contributed by atoms with Crippen molar-refractivity contribution >= 4 is 11.0 Å². The number of ether oxygens (including phenoxy) is 1. The van der Waals surface area contributed by atoms with Crippen molar-refractivity contribution in [1.29, 1.82) is 5.26 Å². The summed E-state index contributed by atoms with van der Waals surface area (Å²) in [6.45, 7) is 5.82. The maximum atomic E-state index is 13.0. The summed E-state index contributed by atoms with van der Waals surface area (Å²) in [4.78, 5) is 13.0. The summed E-state index contributed by atoms with van der Waals surface area (Å²) in [5, 5.41) is 10.4. The highest BCUT2D eigenvalue weighted by molar-refractivity contribution is 5.91. The van der Waals surface area contributed by atoms with Crippen LogP contribution in [0.15, 0.2) is 57.1 Å². The van der Waals surface area contributed by atoms with Gasteiger partial charge in [0.15, 0.2) is 5.75 Å². The van der Waals surface area contributed by atoms with Crippen molar-refractivity contribution in [2.45, 2.75) is 26.7 Å². The number of hydrogen-bond donors (Lipinski definition) is 1. The highest BCUT2D eigenvalue weighted by atomic mass is 16.5. The van der Waals surface area contributed by atoms with Crippen LogP contribution in [-0.4, -0.2) is 0 Å². The number of rotatable bonds is 1. The third-order valence-electron chi connectivity index (χ3n) is 5.18. The lowest BCUT2D eigenvalue weighted by molar-refractivity contribution is 0.388. The first-order valence-corrected chi connectivity index (χ1v) is 8.64. The smallest absolute Gasteiger partial charge is 0.344 e. The van der Waals surface area contributed by atoms with Gasteiger partial charge in [0, 0.05) is 0 Å². The second-order valence-electron chi connectivity index (χ2n) is 6.81. The Labute approximate surface area is 156 Å². The molecule has 1 aromatic heterocycles. The number of nitrogens with two attached hydrogens (primary N) is 1. The zero-order valence-electron chi connectivity index (χ0n) is 15.3. The first-order valence-electron chi connectivity index (χ1n) is 8.64. The van der Waals surface area contributed by atoms with E-state index in [4.69, 9.17) is 14.9 Å². The van der Waals surface area contributed by atoms with E-state index >= 15 is 0 Å². The van der Waals surface area contributed by atoms with Crippen LogP contribution in [0.5, 0.6) is 5.75 Å². The number of nitrogens with zero attached hydrogens (tertiary/aromatic N) is 1. The normalized spacial score (nSPS) is 16.0. The topological polar surface area (TPSA) is 89.2 Å². The molecule has 0 unspecified atom stereocenters. The fourth-order valence-corrected chi connectivity index (χ4v) is 3.74. The van der Waals surface area contributed by atoms with Crippen LogP contribution in [0.1, 0.15) is 33.7 Å². The van der Waals surface area contributed by atoms with E-state index in [9.17, 15) is 10.1 Å². The molecule has 1 aliphatic rings. The van der Waals surface area contributed by atoms with E-state index in [1.165, 1.54) is 0 Å². The molecule has 0 radical (unpaired) electrons. The minimum absolute atomic E-state index is 0.0170. The summed E-state index contributed by atoms with van der Waals surface area (Å²) in [5.41, 5.74) is 10.2. The van der Waals surface area contributed by atoms with Crippen molar-refractivity contribution in [1.82, 2.24) is 0 Å². The summed E-state index contributed by atoms with van der Waals surface area (Å²) < 4.78 is 11.6. The molecular weight excluding hydrogens is 340 g/mol. The summed E-state index contributed by atoms with van der Waals surface area (Å²) in [5.74, 6) is -0.225. The van der Waals surface area contributed by atoms with E-state index in [1.54, 1.807) is 0 Å². The number of fused-ring (bicyclic) bond motifs is 3. The Morgan fingerprint density at radius 1 is 1.11 bits per heavy atom. The maximum Gasteiger partial charge on any atom is 0.344 e. The van der Waals surface area contributed by atoms with Crippen LogP contribution in [0, 0.1) is 32.1 Å². The largest absolute Gasteiger partial charge is 0.439 e. The molecule has 134 valence electrons. The molecule has 0 saturated carbocycles. The molecule has 3 aromatic rings. The van der Waals surface area contributed by atoms with E-state index in [-0.39, 0.29) is 11.5 Å². The van der Waals surface area contributed by atoms with Crippen LogP contribution < -0.4 is 16.1 Å². The fraction of sp³-hybridized carbons (Fsp3) is 0.182. The van der Waals surface area contributed by atoms with Crippen LogP contribution in [0.2, 0.25) is 0 Å². The van der Waals surface area contributed by atoms with Gasteiger partial charge in [-0.2, -0.15) is 5.26 Å². The summed E-state index contributed by atoms with van der Waals surface area (Å²) >= 11 is 0. The molecule has 5 nitrogen and oxygen atoms in total. The van der Waals surface area contributed by atoms with Gasteiger partial charge >= 0.3 is 5.63 Å². The van der Waals surface area contributed by atoms with Gasteiger partial charge in [0.05, 0.1) is 16.9 Å². The van der Waals surface area contributed by atoms with E-state index < -0.39 is 11.5 Å². The minimum atomic E-state index is -0.624. The number of nitriles is 1. The summed E-state index contributed by atoms with van der Waals surface area (Å²) in [6.07, 6.45) is 0. The molecular formula is C22H18N2O3. The summed E-state index contributed by atoms with van der Waals surface area (Å²) in [6, 6.07) is 13.4. The molecule has 2 N–H and O–H groups in total. The van der Waals surface area contributed by atoms with Gasteiger partial charge in [-0.15, -0.1) is 0 Å². The maximum absolute atomic E-state index is 13.0. The molecule has 1 atom stereocenters. The second kappa shape index (κ2) is 6.03. The first kappa shape index (κ1) is 16.9. The average Bonchev–Trinajstić information content (AvgIpc) is 2.65. The Morgan fingerprint density at radius 2 is 1.81 bits per heavy atom. The van der Waals surface area contributed by atoms with E-state index in [2.05, 4.69) is 6.07 Å².